The number of nitrogens with zero attached hydrogens (tertiary/aromatic N) is 3. The number of thiophene rings is 1. The molecule has 0 fully saturated rings. The first-order valence-corrected chi connectivity index (χ1v) is 10.4. The van der Waals surface area contributed by atoms with Gasteiger partial charge in [0.2, 0.25) is 5.91 Å². The molecule has 0 aliphatic carbocycles. The second-order valence-electron chi connectivity index (χ2n) is 5.87. The molecule has 28 heavy (non-hydrogen) atoms. The molecular weight excluding hydrogens is 396 g/mol. The third kappa shape index (κ3) is 4.42. The van der Waals surface area contributed by atoms with Crippen LogP contribution in [0.1, 0.15) is 22.2 Å². The van der Waals surface area contributed by atoms with E-state index >= 15 is 0 Å². The Morgan fingerprint density at radius 1 is 1.25 bits per heavy atom. The van der Waals surface area contributed by atoms with E-state index in [1.165, 1.54) is 30.2 Å². The van der Waals surface area contributed by atoms with Crippen molar-refractivity contribution in [1.29, 1.82) is 0 Å². The fourth-order valence-electron chi connectivity index (χ4n) is 2.54. The Morgan fingerprint density at radius 3 is 2.68 bits per heavy atom. The first-order chi connectivity index (χ1) is 13.5. The summed E-state index contributed by atoms with van der Waals surface area (Å²) >= 11 is 2.67. The molecule has 2 heterocycles. The SMILES string of the molecule is CCc1cc(C(=O)OC)c(NC(=O)CSc2nnc(-c3ccccc3)n2C)s1. The standard InChI is InChI=1S/C19H20N4O3S2/c1-4-13-10-14(18(25)26-3)17(28-13)20-15(24)11-27-19-22-21-16(23(19)2)12-8-6-5-7-9-12/h5-10H,4,11H2,1-3H3,(H,20,24). The van der Waals surface area contributed by atoms with Crippen molar-refractivity contribution in [3.8, 4) is 11.4 Å². The van der Waals surface area contributed by atoms with E-state index in [9.17, 15) is 9.59 Å². The molecule has 0 spiro atoms. The highest BCUT2D eigenvalue weighted by molar-refractivity contribution is 7.99. The zero-order valence-electron chi connectivity index (χ0n) is 15.8. The molecule has 0 atom stereocenters. The molecule has 3 aromatic rings. The van der Waals surface area contributed by atoms with E-state index in [4.69, 9.17) is 4.74 Å². The number of thioether (sulfide) groups is 1. The number of methoxy groups -OCH3 is 1. The molecule has 2 aromatic heterocycles. The summed E-state index contributed by atoms with van der Waals surface area (Å²) in [6.45, 7) is 1.99. The van der Waals surface area contributed by atoms with Gasteiger partial charge in [0.15, 0.2) is 11.0 Å². The number of aryl methyl sites for hydroxylation is 1. The number of esters is 1. The summed E-state index contributed by atoms with van der Waals surface area (Å²) in [7, 11) is 3.19. The fraction of sp³-hybridized carbons (Fsp3) is 0.263. The monoisotopic (exact) mass is 416 g/mol. The normalized spacial score (nSPS) is 10.7. The molecule has 3 rings (SSSR count). The summed E-state index contributed by atoms with van der Waals surface area (Å²) in [4.78, 5) is 25.3. The number of nitrogens with one attached hydrogen (secondary N) is 1. The Balaban J connectivity index is 1.67. The summed E-state index contributed by atoms with van der Waals surface area (Å²) in [6.07, 6.45) is 0.778. The Labute approximate surface area is 171 Å². The van der Waals surface area contributed by atoms with Crippen molar-refractivity contribution in [2.45, 2.75) is 18.5 Å². The van der Waals surface area contributed by atoms with Gasteiger partial charge in [-0.25, -0.2) is 4.79 Å². The molecule has 146 valence electrons. The minimum Gasteiger partial charge on any atom is -0.465 e. The van der Waals surface area contributed by atoms with Crippen LogP contribution in [0, 0.1) is 0 Å². The second kappa shape index (κ2) is 9.03. The van der Waals surface area contributed by atoms with Gasteiger partial charge in [-0.2, -0.15) is 0 Å². The molecule has 1 N–H and O–H groups in total. The largest absolute Gasteiger partial charge is 0.465 e. The van der Waals surface area contributed by atoms with E-state index < -0.39 is 5.97 Å². The molecule has 0 saturated carbocycles. The second-order valence-corrected chi connectivity index (χ2v) is 7.95. The summed E-state index contributed by atoms with van der Waals surface area (Å²) < 4.78 is 6.65. The number of ether oxygens (including phenoxy) is 1. The van der Waals surface area contributed by atoms with Gasteiger partial charge < -0.3 is 14.6 Å². The Morgan fingerprint density at radius 2 is 2.00 bits per heavy atom. The van der Waals surface area contributed by atoms with Crippen molar-refractivity contribution in [1.82, 2.24) is 14.8 Å². The number of anilines is 1. The molecular formula is C19H20N4O3S2. The predicted molar refractivity (Wildman–Crippen MR) is 111 cm³/mol. The Kier molecular flexibility index (Phi) is 6.48. The zero-order valence-corrected chi connectivity index (χ0v) is 17.4. The predicted octanol–water partition coefficient (Wildman–Crippen LogP) is 3.62. The van der Waals surface area contributed by atoms with Gasteiger partial charge in [-0.1, -0.05) is 49.0 Å². The number of benzene rings is 1. The average Bonchev–Trinajstić information content (AvgIpc) is 3.29. The minimum absolute atomic E-state index is 0.154. The van der Waals surface area contributed by atoms with Crippen LogP contribution in [0.5, 0.6) is 0 Å². The van der Waals surface area contributed by atoms with Crippen LogP contribution in [0.25, 0.3) is 11.4 Å². The van der Waals surface area contributed by atoms with Crippen LogP contribution < -0.4 is 5.32 Å². The maximum Gasteiger partial charge on any atom is 0.340 e. The van der Waals surface area contributed by atoms with Crippen molar-refractivity contribution in [2.75, 3.05) is 18.2 Å². The van der Waals surface area contributed by atoms with Gasteiger partial charge in [-0.3, -0.25) is 4.79 Å². The number of amides is 1. The first-order valence-electron chi connectivity index (χ1n) is 8.62. The van der Waals surface area contributed by atoms with Crippen LogP contribution in [0.2, 0.25) is 0 Å². The molecule has 0 unspecified atom stereocenters. The van der Waals surface area contributed by atoms with Gasteiger partial charge in [-0.15, -0.1) is 21.5 Å². The number of carbonyl (C=O) groups excluding carboxylic acids is 2. The van der Waals surface area contributed by atoms with Crippen molar-refractivity contribution in [2.24, 2.45) is 7.05 Å². The van der Waals surface area contributed by atoms with Gasteiger partial charge in [0.25, 0.3) is 0 Å². The fourth-order valence-corrected chi connectivity index (χ4v) is 4.25. The summed E-state index contributed by atoms with van der Waals surface area (Å²) in [5, 5.41) is 12.3. The van der Waals surface area contributed by atoms with Gasteiger partial charge in [-0.05, 0) is 12.5 Å². The molecule has 9 heteroatoms. The highest BCUT2D eigenvalue weighted by atomic mass is 32.2. The van der Waals surface area contributed by atoms with Crippen molar-refractivity contribution in [3.63, 3.8) is 0 Å². The molecule has 0 aliphatic rings. The number of carbonyl (C=O) groups is 2. The van der Waals surface area contributed by atoms with E-state index in [0.29, 0.717) is 15.7 Å². The third-order valence-corrected chi connectivity index (χ3v) is 6.20. The van der Waals surface area contributed by atoms with Crippen LogP contribution in [0.4, 0.5) is 5.00 Å². The number of rotatable bonds is 7. The maximum atomic E-state index is 12.4. The van der Waals surface area contributed by atoms with Gasteiger partial charge in [0, 0.05) is 17.5 Å². The van der Waals surface area contributed by atoms with E-state index in [2.05, 4.69) is 15.5 Å². The smallest absolute Gasteiger partial charge is 0.340 e. The van der Waals surface area contributed by atoms with Crippen molar-refractivity contribution < 1.29 is 14.3 Å². The highest BCUT2D eigenvalue weighted by Gasteiger charge is 2.19. The molecule has 0 bridgehead atoms. The summed E-state index contributed by atoms with van der Waals surface area (Å²) in [6, 6.07) is 11.5. The maximum absolute atomic E-state index is 12.4. The first kappa shape index (κ1) is 20.1. The zero-order chi connectivity index (χ0) is 20.1. The Bertz CT molecular complexity index is 982. The van der Waals surface area contributed by atoms with Crippen molar-refractivity contribution >= 4 is 40.0 Å². The van der Waals surface area contributed by atoms with Crippen LogP contribution in [-0.4, -0.2) is 39.5 Å². The lowest BCUT2D eigenvalue weighted by Gasteiger charge is -2.06. The van der Waals surface area contributed by atoms with E-state index in [-0.39, 0.29) is 11.7 Å². The molecule has 0 aliphatic heterocycles. The molecule has 1 amide bonds. The van der Waals surface area contributed by atoms with E-state index in [1.54, 1.807) is 6.07 Å². The number of hydrogen-bond acceptors (Lipinski definition) is 7. The van der Waals surface area contributed by atoms with Crippen LogP contribution in [0.3, 0.4) is 0 Å². The van der Waals surface area contributed by atoms with Crippen LogP contribution in [-0.2, 0) is 23.0 Å². The quantitative estimate of drug-likeness (QED) is 0.468. The van der Waals surface area contributed by atoms with Gasteiger partial charge >= 0.3 is 5.97 Å². The molecule has 0 saturated heterocycles. The van der Waals surface area contributed by atoms with E-state index in [0.717, 1.165) is 22.7 Å². The van der Waals surface area contributed by atoms with Gasteiger partial charge in [0.05, 0.1) is 18.4 Å². The average molecular weight is 417 g/mol. The van der Waals surface area contributed by atoms with Crippen LogP contribution >= 0.6 is 23.1 Å². The van der Waals surface area contributed by atoms with Gasteiger partial charge in [0.1, 0.15) is 5.00 Å². The lowest BCUT2D eigenvalue weighted by molar-refractivity contribution is -0.113. The number of aromatic nitrogens is 3. The summed E-state index contributed by atoms with van der Waals surface area (Å²) in [5.74, 6) is 0.215. The molecule has 1 aromatic carbocycles. The van der Waals surface area contributed by atoms with E-state index in [1.807, 2.05) is 48.9 Å². The lowest BCUT2D eigenvalue weighted by Crippen LogP contribution is -2.16. The summed E-state index contributed by atoms with van der Waals surface area (Å²) in [5.41, 5.74) is 1.34. The molecule has 0 radical (unpaired) electrons. The minimum atomic E-state index is -0.459. The van der Waals surface area contributed by atoms with Crippen molar-refractivity contribution in [3.05, 3.63) is 46.8 Å². The lowest BCUT2D eigenvalue weighted by atomic mass is 10.2. The topological polar surface area (TPSA) is 86.1 Å². The molecule has 7 nitrogen and oxygen atoms in total. The Hall–Kier alpha value is -2.65. The third-order valence-electron chi connectivity index (χ3n) is 3.99. The van der Waals surface area contributed by atoms with Crippen LogP contribution in [0.15, 0.2) is 41.6 Å². The number of hydrogen-bond donors (Lipinski definition) is 1. The highest BCUT2D eigenvalue weighted by Crippen LogP contribution is 2.30.